The van der Waals surface area contributed by atoms with Crippen LogP contribution >= 0.6 is 0 Å². The molecule has 0 spiro atoms. The average Bonchev–Trinajstić information content (AvgIpc) is 2.51. The highest BCUT2D eigenvalue weighted by molar-refractivity contribution is 5.54. The minimum atomic E-state index is 0.342. The lowest BCUT2D eigenvalue weighted by Gasteiger charge is -2.19. The Morgan fingerprint density at radius 3 is 2.69 bits per heavy atom. The van der Waals surface area contributed by atoms with Crippen LogP contribution in [0.15, 0.2) is 18.2 Å². The third-order valence-corrected chi connectivity index (χ3v) is 3.54. The van der Waals surface area contributed by atoms with Crippen molar-refractivity contribution in [2.75, 3.05) is 5.32 Å². The standard InChI is InChI=1S/C14H21NO/c1-10-8-12(16)4-5-13(10)15-11-6-7-14(2,3)9-11/h4-5,8,11,15-16H,6-7,9H2,1-3H3. The molecule has 1 aliphatic rings. The van der Waals surface area contributed by atoms with Crippen molar-refractivity contribution in [2.24, 2.45) is 5.41 Å². The number of hydrogen-bond donors (Lipinski definition) is 2. The zero-order chi connectivity index (χ0) is 11.8. The Hall–Kier alpha value is -1.18. The highest BCUT2D eigenvalue weighted by atomic mass is 16.3. The first-order chi connectivity index (χ1) is 7.46. The van der Waals surface area contributed by atoms with E-state index in [9.17, 15) is 5.11 Å². The van der Waals surface area contributed by atoms with E-state index in [-0.39, 0.29) is 0 Å². The minimum absolute atomic E-state index is 0.342. The highest BCUT2D eigenvalue weighted by Crippen LogP contribution is 2.38. The first-order valence-electron chi connectivity index (χ1n) is 6.02. The normalized spacial score (nSPS) is 23.3. The first kappa shape index (κ1) is 11.3. The van der Waals surface area contributed by atoms with E-state index in [0.29, 0.717) is 17.2 Å². The molecule has 0 saturated heterocycles. The van der Waals surface area contributed by atoms with Crippen LogP contribution in [0, 0.1) is 12.3 Å². The van der Waals surface area contributed by atoms with Gasteiger partial charge in [0.25, 0.3) is 0 Å². The maximum atomic E-state index is 9.35. The first-order valence-corrected chi connectivity index (χ1v) is 6.02. The van der Waals surface area contributed by atoms with Gasteiger partial charge in [-0.25, -0.2) is 0 Å². The molecular weight excluding hydrogens is 198 g/mol. The third-order valence-electron chi connectivity index (χ3n) is 3.54. The minimum Gasteiger partial charge on any atom is -0.508 e. The Balaban J connectivity index is 2.05. The lowest BCUT2D eigenvalue weighted by Crippen LogP contribution is -2.18. The smallest absolute Gasteiger partial charge is 0.115 e. The molecule has 1 unspecified atom stereocenters. The summed E-state index contributed by atoms with van der Waals surface area (Å²) in [5.74, 6) is 0.342. The quantitative estimate of drug-likeness (QED) is 0.743. The Bertz CT molecular complexity index is 384. The number of hydrogen-bond acceptors (Lipinski definition) is 2. The summed E-state index contributed by atoms with van der Waals surface area (Å²) >= 11 is 0. The zero-order valence-electron chi connectivity index (χ0n) is 10.4. The van der Waals surface area contributed by atoms with Crippen molar-refractivity contribution in [2.45, 2.75) is 46.1 Å². The summed E-state index contributed by atoms with van der Waals surface area (Å²) in [5, 5.41) is 12.9. The molecule has 0 heterocycles. The fourth-order valence-electron chi connectivity index (χ4n) is 2.59. The van der Waals surface area contributed by atoms with E-state index in [2.05, 4.69) is 19.2 Å². The van der Waals surface area contributed by atoms with E-state index >= 15 is 0 Å². The van der Waals surface area contributed by atoms with Crippen molar-refractivity contribution >= 4 is 5.69 Å². The molecular formula is C14H21NO. The van der Waals surface area contributed by atoms with Crippen molar-refractivity contribution in [1.82, 2.24) is 0 Å². The second-order valence-corrected chi connectivity index (χ2v) is 5.75. The van der Waals surface area contributed by atoms with Gasteiger partial charge in [0, 0.05) is 11.7 Å². The number of anilines is 1. The topological polar surface area (TPSA) is 32.3 Å². The van der Waals surface area contributed by atoms with Gasteiger partial charge in [0.1, 0.15) is 5.75 Å². The number of rotatable bonds is 2. The van der Waals surface area contributed by atoms with Crippen LogP contribution in [0.1, 0.15) is 38.7 Å². The van der Waals surface area contributed by atoms with Crippen LogP contribution in [0.5, 0.6) is 5.75 Å². The van der Waals surface area contributed by atoms with Crippen LogP contribution in [0.4, 0.5) is 5.69 Å². The van der Waals surface area contributed by atoms with Gasteiger partial charge < -0.3 is 10.4 Å². The number of aromatic hydroxyl groups is 1. The van der Waals surface area contributed by atoms with Crippen molar-refractivity contribution < 1.29 is 5.11 Å². The number of phenolic OH excluding ortho intramolecular Hbond substituents is 1. The maximum Gasteiger partial charge on any atom is 0.115 e. The summed E-state index contributed by atoms with van der Waals surface area (Å²) in [6, 6.07) is 6.10. The largest absolute Gasteiger partial charge is 0.508 e. The Morgan fingerprint density at radius 2 is 2.12 bits per heavy atom. The van der Waals surface area contributed by atoms with Gasteiger partial charge in [-0.1, -0.05) is 13.8 Å². The number of aryl methyl sites for hydroxylation is 1. The molecule has 0 amide bonds. The Labute approximate surface area is 97.7 Å². The summed E-state index contributed by atoms with van der Waals surface area (Å²) in [7, 11) is 0. The molecule has 1 aliphatic carbocycles. The Kier molecular flexibility index (Phi) is 2.83. The van der Waals surface area contributed by atoms with Crippen LogP contribution in [0.25, 0.3) is 0 Å². The molecule has 2 N–H and O–H groups in total. The van der Waals surface area contributed by atoms with Crippen LogP contribution in [0.3, 0.4) is 0 Å². The fraction of sp³-hybridized carbons (Fsp3) is 0.571. The lowest BCUT2D eigenvalue weighted by molar-refractivity contribution is 0.378. The van der Waals surface area contributed by atoms with Crippen LogP contribution < -0.4 is 5.32 Å². The van der Waals surface area contributed by atoms with Gasteiger partial charge >= 0.3 is 0 Å². The average molecular weight is 219 g/mol. The van der Waals surface area contributed by atoms with Gasteiger partial charge in [0.2, 0.25) is 0 Å². The molecule has 88 valence electrons. The van der Waals surface area contributed by atoms with Crippen molar-refractivity contribution in [3.63, 3.8) is 0 Å². The Morgan fingerprint density at radius 1 is 1.38 bits per heavy atom. The van der Waals surface area contributed by atoms with Gasteiger partial charge in [-0.15, -0.1) is 0 Å². The summed E-state index contributed by atoms with van der Waals surface area (Å²) in [6.45, 7) is 6.69. The molecule has 1 aromatic carbocycles. The zero-order valence-corrected chi connectivity index (χ0v) is 10.4. The molecule has 2 heteroatoms. The van der Waals surface area contributed by atoms with Gasteiger partial charge in [-0.2, -0.15) is 0 Å². The molecule has 0 bridgehead atoms. The molecule has 1 saturated carbocycles. The van der Waals surface area contributed by atoms with Gasteiger partial charge in [-0.05, 0) is 55.4 Å². The van der Waals surface area contributed by atoms with Crippen LogP contribution in [-0.4, -0.2) is 11.1 Å². The highest BCUT2D eigenvalue weighted by Gasteiger charge is 2.30. The van der Waals surface area contributed by atoms with Crippen molar-refractivity contribution in [3.8, 4) is 5.75 Å². The van der Waals surface area contributed by atoms with E-state index in [4.69, 9.17) is 0 Å². The van der Waals surface area contributed by atoms with Crippen molar-refractivity contribution in [1.29, 1.82) is 0 Å². The van der Waals surface area contributed by atoms with E-state index in [1.807, 2.05) is 19.1 Å². The van der Waals surface area contributed by atoms with E-state index in [1.165, 1.54) is 19.3 Å². The molecule has 16 heavy (non-hydrogen) atoms. The molecule has 0 aliphatic heterocycles. The van der Waals surface area contributed by atoms with Gasteiger partial charge in [0.05, 0.1) is 0 Å². The van der Waals surface area contributed by atoms with Crippen molar-refractivity contribution in [3.05, 3.63) is 23.8 Å². The number of nitrogens with one attached hydrogen (secondary N) is 1. The van der Waals surface area contributed by atoms with Crippen LogP contribution in [-0.2, 0) is 0 Å². The number of phenols is 1. The molecule has 1 fully saturated rings. The second-order valence-electron chi connectivity index (χ2n) is 5.75. The predicted molar refractivity (Wildman–Crippen MR) is 67.9 cm³/mol. The molecule has 0 aromatic heterocycles. The number of benzene rings is 1. The molecule has 0 radical (unpaired) electrons. The summed E-state index contributed by atoms with van der Waals surface area (Å²) < 4.78 is 0. The molecule has 1 atom stereocenters. The predicted octanol–water partition coefficient (Wildman–Crippen LogP) is 3.69. The third kappa shape index (κ3) is 2.49. The summed E-state index contributed by atoms with van der Waals surface area (Å²) in [4.78, 5) is 0. The van der Waals surface area contributed by atoms with Gasteiger partial charge in [0.15, 0.2) is 0 Å². The SMILES string of the molecule is Cc1cc(O)ccc1NC1CCC(C)(C)C1. The lowest BCUT2D eigenvalue weighted by atomic mass is 9.92. The van der Waals surface area contributed by atoms with Crippen LogP contribution in [0.2, 0.25) is 0 Å². The summed E-state index contributed by atoms with van der Waals surface area (Å²) in [6.07, 6.45) is 3.77. The molecule has 2 rings (SSSR count). The van der Waals surface area contributed by atoms with Gasteiger partial charge in [-0.3, -0.25) is 0 Å². The second kappa shape index (κ2) is 4.00. The molecule has 2 nitrogen and oxygen atoms in total. The van der Waals surface area contributed by atoms with E-state index < -0.39 is 0 Å². The summed E-state index contributed by atoms with van der Waals surface area (Å²) in [5.41, 5.74) is 2.74. The van der Waals surface area contributed by atoms with E-state index in [0.717, 1.165) is 11.3 Å². The maximum absolute atomic E-state index is 9.35. The molecule has 1 aromatic rings. The fourth-order valence-corrected chi connectivity index (χ4v) is 2.59. The monoisotopic (exact) mass is 219 g/mol. The van der Waals surface area contributed by atoms with E-state index in [1.54, 1.807) is 6.07 Å².